The van der Waals surface area contributed by atoms with Crippen LogP contribution in [0.2, 0.25) is 0 Å². The van der Waals surface area contributed by atoms with E-state index in [0.29, 0.717) is 11.4 Å². The van der Waals surface area contributed by atoms with E-state index in [-0.39, 0.29) is 18.1 Å². The molecule has 8 heteroatoms. The molecular formula is C15H11F2N5O. The van der Waals surface area contributed by atoms with E-state index in [2.05, 4.69) is 20.8 Å². The molecule has 0 radical (unpaired) electrons. The normalized spacial score (nSPS) is 10.5. The Labute approximate surface area is 129 Å². The zero-order valence-electron chi connectivity index (χ0n) is 11.8. The number of nitrogens with one attached hydrogen (secondary N) is 1. The number of hydrogen-bond donors (Lipinski definition) is 1. The van der Waals surface area contributed by atoms with Crippen LogP contribution in [-0.2, 0) is 6.54 Å². The second-order valence-corrected chi connectivity index (χ2v) is 4.65. The van der Waals surface area contributed by atoms with E-state index >= 15 is 0 Å². The fourth-order valence-corrected chi connectivity index (χ4v) is 1.98. The molecule has 116 valence electrons. The Bertz CT molecular complexity index is 835. The zero-order valence-corrected chi connectivity index (χ0v) is 11.8. The standard InChI is InChI=1S/C15H11F2N5O/c16-12-7-6-11(8-13(12)17)22-14(19-20-21-22)9-18-15(23)10-4-2-1-3-5-10/h1-8H,9H2,(H,18,23). The highest BCUT2D eigenvalue weighted by atomic mass is 19.2. The molecule has 1 heterocycles. The van der Waals surface area contributed by atoms with Crippen LogP contribution in [-0.4, -0.2) is 26.1 Å². The Balaban J connectivity index is 1.76. The molecule has 3 rings (SSSR count). The molecule has 0 bridgehead atoms. The highest BCUT2D eigenvalue weighted by Crippen LogP contribution is 2.13. The summed E-state index contributed by atoms with van der Waals surface area (Å²) >= 11 is 0. The number of carbonyl (C=O) groups excluding carboxylic acids is 1. The van der Waals surface area contributed by atoms with Gasteiger partial charge in [0.15, 0.2) is 17.5 Å². The van der Waals surface area contributed by atoms with Crippen molar-refractivity contribution in [2.45, 2.75) is 6.54 Å². The third kappa shape index (κ3) is 3.20. The average Bonchev–Trinajstić information content (AvgIpc) is 3.04. The van der Waals surface area contributed by atoms with E-state index in [4.69, 9.17) is 0 Å². The van der Waals surface area contributed by atoms with Crippen molar-refractivity contribution in [2.75, 3.05) is 0 Å². The summed E-state index contributed by atoms with van der Waals surface area (Å²) in [7, 11) is 0. The number of benzene rings is 2. The Morgan fingerprint density at radius 3 is 2.61 bits per heavy atom. The predicted octanol–water partition coefficient (Wildman–Crippen LogP) is 1.87. The van der Waals surface area contributed by atoms with Gasteiger partial charge in [-0.2, -0.15) is 4.68 Å². The van der Waals surface area contributed by atoms with Crippen molar-refractivity contribution in [2.24, 2.45) is 0 Å². The minimum atomic E-state index is -1.00. The number of halogens is 2. The topological polar surface area (TPSA) is 72.7 Å². The first-order valence-electron chi connectivity index (χ1n) is 6.71. The van der Waals surface area contributed by atoms with E-state index < -0.39 is 11.6 Å². The molecule has 0 aliphatic rings. The van der Waals surface area contributed by atoms with Crippen LogP contribution in [0.3, 0.4) is 0 Å². The molecule has 0 spiro atoms. The summed E-state index contributed by atoms with van der Waals surface area (Å²) in [6.45, 7) is 0.0414. The van der Waals surface area contributed by atoms with Crippen LogP contribution in [0.1, 0.15) is 16.2 Å². The number of rotatable bonds is 4. The highest BCUT2D eigenvalue weighted by molar-refractivity contribution is 5.93. The number of aromatic nitrogens is 4. The monoisotopic (exact) mass is 315 g/mol. The number of amides is 1. The molecule has 6 nitrogen and oxygen atoms in total. The number of nitrogens with zero attached hydrogens (tertiary/aromatic N) is 4. The van der Waals surface area contributed by atoms with Gasteiger partial charge in [0, 0.05) is 11.6 Å². The van der Waals surface area contributed by atoms with E-state index in [1.807, 2.05) is 0 Å². The summed E-state index contributed by atoms with van der Waals surface area (Å²) in [4.78, 5) is 12.0. The van der Waals surface area contributed by atoms with E-state index in [9.17, 15) is 13.6 Å². The molecule has 0 fully saturated rings. The summed E-state index contributed by atoms with van der Waals surface area (Å²) < 4.78 is 27.5. The Morgan fingerprint density at radius 1 is 1.09 bits per heavy atom. The van der Waals surface area contributed by atoms with E-state index in [1.54, 1.807) is 30.3 Å². The summed E-state index contributed by atoms with van der Waals surface area (Å²) in [5.41, 5.74) is 0.761. The molecule has 0 aliphatic heterocycles. The van der Waals surface area contributed by atoms with Crippen LogP contribution < -0.4 is 5.32 Å². The third-order valence-corrected chi connectivity index (χ3v) is 3.12. The molecule has 0 atom stereocenters. The molecule has 1 amide bonds. The highest BCUT2D eigenvalue weighted by Gasteiger charge is 2.12. The average molecular weight is 315 g/mol. The van der Waals surface area contributed by atoms with Crippen LogP contribution in [0.25, 0.3) is 5.69 Å². The maximum absolute atomic E-state index is 13.3. The Hall–Kier alpha value is -3.16. The van der Waals surface area contributed by atoms with Gasteiger partial charge in [-0.15, -0.1) is 5.10 Å². The first-order chi connectivity index (χ1) is 11.1. The van der Waals surface area contributed by atoms with Gasteiger partial charge in [0.2, 0.25) is 0 Å². The van der Waals surface area contributed by atoms with Gasteiger partial charge in [-0.3, -0.25) is 4.79 Å². The molecule has 1 aromatic heterocycles. The van der Waals surface area contributed by atoms with Crippen LogP contribution >= 0.6 is 0 Å². The van der Waals surface area contributed by atoms with Crippen molar-refractivity contribution in [3.63, 3.8) is 0 Å². The van der Waals surface area contributed by atoms with Crippen molar-refractivity contribution in [1.29, 1.82) is 0 Å². The lowest BCUT2D eigenvalue weighted by Crippen LogP contribution is -2.24. The smallest absolute Gasteiger partial charge is 0.251 e. The maximum atomic E-state index is 13.3. The van der Waals surface area contributed by atoms with Crippen molar-refractivity contribution >= 4 is 5.91 Å². The summed E-state index contributed by atoms with van der Waals surface area (Å²) in [6, 6.07) is 12.0. The Kier molecular flexibility index (Phi) is 4.05. The second-order valence-electron chi connectivity index (χ2n) is 4.65. The van der Waals surface area contributed by atoms with E-state index in [1.165, 1.54) is 10.7 Å². The quantitative estimate of drug-likeness (QED) is 0.798. The fourth-order valence-electron chi connectivity index (χ4n) is 1.98. The molecular weight excluding hydrogens is 304 g/mol. The summed E-state index contributed by atoms with van der Waals surface area (Å²) in [6.07, 6.45) is 0. The number of tetrazole rings is 1. The minimum absolute atomic E-state index is 0.0414. The number of carbonyl (C=O) groups is 1. The predicted molar refractivity (Wildman–Crippen MR) is 76.7 cm³/mol. The van der Waals surface area contributed by atoms with Gasteiger partial charge in [0.25, 0.3) is 5.91 Å². The van der Waals surface area contributed by atoms with Crippen LogP contribution in [0.4, 0.5) is 8.78 Å². The first kappa shape index (κ1) is 14.8. The number of hydrogen-bond acceptors (Lipinski definition) is 4. The second kappa shape index (κ2) is 6.30. The Morgan fingerprint density at radius 2 is 1.87 bits per heavy atom. The molecule has 0 saturated heterocycles. The van der Waals surface area contributed by atoms with Gasteiger partial charge >= 0.3 is 0 Å². The molecule has 1 N–H and O–H groups in total. The van der Waals surface area contributed by atoms with Gasteiger partial charge < -0.3 is 5.32 Å². The van der Waals surface area contributed by atoms with E-state index in [0.717, 1.165) is 12.1 Å². The van der Waals surface area contributed by atoms with Crippen molar-refractivity contribution in [1.82, 2.24) is 25.5 Å². The van der Waals surface area contributed by atoms with Crippen LogP contribution in [0.5, 0.6) is 0 Å². The van der Waals surface area contributed by atoms with Gasteiger partial charge in [0.05, 0.1) is 12.2 Å². The summed E-state index contributed by atoms with van der Waals surface area (Å²) in [5, 5.41) is 13.7. The van der Waals surface area contributed by atoms with Crippen LogP contribution in [0.15, 0.2) is 48.5 Å². The molecule has 2 aromatic carbocycles. The molecule has 0 unspecified atom stereocenters. The molecule has 3 aromatic rings. The molecule has 0 aliphatic carbocycles. The molecule has 23 heavy (non-hydrogen) atoms. The zero-order chi connectivity index (χ0) is 16.2. The van der Waals surface area contributed by atoms with Gasteiger partial charge in [-0.05, 0) is 34.7 Å². The lowest BCUT2D eigenvalue weighted by Gasteiger charge is -2.07. The van der Waals surface area contributed by atoms with Crippen LogP contribution in [0, 0.1) is 11.6 Å². The lowest BCUT2D eigenvalue weighted by molar-refractivity contribution is 0.0949. The van der Waals surface area contributed by atoms with Crippen molar-refractivity contribution < 1.29 is 13.6 Å². The van der Waals surface area contributed by atoms with Gasteiger partial charge in [-0.25, -0.2) is 8.78 Å². The SMILES string of the molecule is O=C(NCc1nnnn1-c1ccc(F)c(F)c1)c1ccccc1. The van der Waals surface area contributed by atoms with Gasteiger partial charge in [-0.1, -0.05) is 18.2 Å². The minimum Gasteiger partial charge on any atom is -0.345 e. The fraction of sp³-hybridized carbons (Fsp3) is 0.0667. The summed E-state index contributed by atoms with van der Waals surface area (Å²) in [5.74, 6) is -1.95. The first-order valence-corrected chi connectivity index (χ1v) is 6.71. The van der Waals surface area contributed by atoms with Crippen molar-refractivity contribution in [3.05, 3.63) is 71.6 Å². The molecule has 0 saturated carbocycles. The van der Waals surface area contributed by atoms with Gasteiger partial charge in [0.1, 0.15) is 0 Å². The van der Waals surface area contributed by atoms with Crippen molar-refractivity contribution in [3.8, 4) is 5.69 Å². The lowest BCUT2D eigenvalue weighted by atomic mass is 10.2. The third-order valence-electron chi connectivity index (χ3n) is 3.12. The largest absolute Gasteiger partial charge is 0.345 e. The maximum Gasteiger partial charge on any atom is 0.251 e.